The molecule has 1 unspecified atom stereocenters. The van der Waals surface area contributed by atoms with Crippen molar-refractivity contribution in [2.45, 2.75) is 26.8 Å². The molecule has 2 nitrogen and oxygen atoms in total. The molecule has 2 heteroatoms. The molecular weight excluding hydrogens is 256 g/mol. The predicted octanol–water partition coefficient (Wildman–Crippen LogP) is 4.09. The van der Waals surface area contributed by atoms with Gasteiger partial charge >= 0.3 is 0 Å². The summed E-state index contributed by atoms with van der Waals surface area (Å²) >= 11 is 0. The molecule has 0 aliphatic rings. The van der Waals surface area contributed by atoms with Crippen molar-refractivity contribution in [3.05, 3.63) is 65.2 Å². The minimum Gasteiger partial charge on any atom is -0.370 e. The van der Waals surface area contributed by atoms with Crippen LogP contribution in [0.1, 0.15) is 29.7 Å². The Bertz CT molecular complexity index is 577. The number of nitrogens with zero attached hydrogens (tertiary/aromatic N) is 1. The van der Waals surface area contributed by atoms with Gasteiger partial charge < -0.3 is 10.2 Å². The van der Waals surface area contributed by atoms with Crippen molar-refractivity contribution in [1.29, 1.82) is 0 Å². The van der Waals surface area contributed by atoms with E-state index in [1.807, 2.05) is 7.05 Å². The zero-order valence-electron chi connectivity index (χ0n) is 13.6. The van der Waals surface area contributed by atoms with Crippen LogP contribution in [0.15, 0.2) is 48.5 Å². The highest BCUT2D eigenvalue weighted by atomic mass is 15.1. The van der Waals surface area contributed by atoms with Crippen molar-refractivity contribution in [2.24, 2.45) is 0 Å². The van der Waals surface area contributed by atoms with Gasteiger partial charge in [0.2, 0.25) is 0 Å². The van der Waals surface area contributed by atoms with Crippen LogP contribution in [-0.4, -0.2) is 20.1 Å². The standard InChI is InChI=1S/C19H26N2/c1-5-21(17-11-8-9-15(2)13-17)14-19(20-4)18-12-7-6-10-16(18)3/h6-13,19-20H,5,14H2,1-4H3. The van der Waals surface area contributed by atoms with Crippen LogP contribution >= 0.6 is 0 Å². The summed E-state index contributed by atoms with van der Waals surface area (Å²) in [6.07, 6.45) is 0. The molecule has 0 heterocycles. The maximum atomic E-state index is 3.47. The first-order valence-corrected chi connectivity index (χ1v) is 7.70. The number of nitrogens with one attached hydrogen (secondary N) is 1. The fourth-order valence-electron chi connectivity index (χ4n) is 2.79. The molecule has 2 aromatic rings. The minimum atomic E-state index is 0.340. The smallest absolute Gasteiger partial charge is 0.0498 e. The van der Waals surface area contributed by atoms with E-state index in [0.29, 0.717) is 6.04 Å². The fourth-order valence-corrected chi connectivity index (χ4v) is 2.79. The summed E-state index contributed by atoms with van der Waals surface area (Å²) in [5.74, 6) is 0. The highest BCUT2D eigenvalue weighted by molar-refractivity contribution is 5.49. The Balaban J connectivity index is 2.22. The van der Waals surface area contributed by atoms with Crippen LogP contribution in [0.4, 0.5) is 5.69 Å². The molecule has 0 saturated carbocycles. The maximum Gasteiger partial charge on any atom is 0.0498 e. The summed E-state index contributed by atoms with van der Waals surface area (Å²) in [5.41, 5.74) is 5.33. The van der Waals surface area contributed by atoms with Gasteiger partial charge in [-0.3, -0.25) is 0 Å². The predicted molar refractivity (Wildman–Crippen MR) is 92.0 cm³/mol. The fraction of sp³-hybridized carbons (Fsp3) is 0.368. The summed E-state index contributed by atoms with van der Waals surface area (Å²) < 4.78 is 0. The average Bonchev–Trinajstić information content (AvgIpc) is 2.50. The molecule has 0 amide bonds. The van der Waals surface area contributed by atoms with Gasteiger partial charge in [-0.2, -0.15) is 0 Å². The van der Waals surface area contributed by atoms with Crippen LogP contribution in [0.5, 0.6) is 0 Å². The highest BCUT2D eigenvalue weighted by Gasteiger charge is 2.15. The number of likely N-dealkylation sites (N-methyl/N-ethyl adjacent to an activating group) is 2. The quantitative estimate of drug-likeness (QED) is 0.858. The molecule has 2 rings (SSSR count). The van der Waals surface area contributed by atoms with E-state index in [0.717, 1.165) is 13.1 Å². The van der Waals surface area contributed by atoms with E-state index in [-0.39, 0.29) is 0 Å². The Morgan fingerprint density at radius 2 is 1.81 bits per heavy atom. The monoisotopic (exact) mass is 282 g/mol. The Kier molecular flexibility index (Phi) is 5.40. The Labute approximate surface area is 128 Å². The zero-order chi connectivity index (χ0) is 15.2. The molecule has 1 N–H and O–H groups in total. The number of anilines is 1. The Morgan fingerprint density at radius 1 is 1.05 bits per heavy atom. The molecule has 1 atom stereocenters. The van der Waals surface area contributed by atoms with Crippen LogP contribution in [0.3, 0.4) is 0 Å². The molecular formula is C19H26N2. The van der Waals surface area contributed by atoms with Gasteiger partial charge in [-0.25, -0.2) is 0 Å². The van der Waals surface area contributed by atoms with E-state index < -0.39 is 0 Å². The lowest BCUT2D eigenvalue weighted by Gasteiger charge is -2.29. The van der Waals surface area contributed by atoms with Crippen molar-refractivity contribution in [3.8, 4) is 0 Å². The van der Waals surface area contributed by atoms with Gasteiger partial charge in [-0.05, 0) is 56.6 Å². The average molecular weight is 282 g/mol. The molecule has 2 aromatic carbocycles. The van der Waals surface area contributed by atoms with Crippen LogP contribution in [0.2, 0.25) is 0 Å². The van der Waals surface area contributed by atoms with E-state index in [4.69, 9.17) is 0 Å². The van der Waals surface area contributed by atoms with Gasteiger partial charge in [-0.15, -0.1) is 0 Å². The molecule has 0 aliphatic heterocycles. The largest absolute Gasteiger partial charge is 0.370 e. The Hall–Kier alpha value is -1.80. The van der Waals surface area contributed by atoms with Gasteiger partial charge in [-0.1, -0.05) is 36.4 Å². The second-order valence-corrected chi connectivity index (χ2v) is 5.58. The van der Waals surface area contributed by atoms with Crippen molar-refractivity contribution < 1.29 is 0 Å². The number of aryl methyl sites for hydroxylation is 2. The van der Waals surface area contributed by atoms with Gasteiger partial charge in [0.05, 0.1) is 0 Å². The van der Waals surface area contributed by atoms with E-state index in [1.165, 1.54) is 22.4 Å². The number of hydrogen-bond acceptors (Lipinski definition) is 2. The highest BCUT2D eigenvalue weighted by Crippen LogP contribution is 2.22. The number of rotatable bonds is 6. The maximum absolute atomic E-state index is 3.47. The molecule has 21 heavy (non-hydrogen) atoms. The molecule has 0 aliphatic carbocycles. The van der Waals surface area contributed by atoms with Crippen molar-refractivity contribution in [3.63, 3.8) is 0 Å². The van der Waals surface area contributed by atoms with Crippen molar-refractivity contribution >= 4 is 5.69 Å². The summed E-state index contributed by atoms with van der Waals surface area (Å²) in [4.78, 5) is 2.43. The van der Waals surface area contributed by atoms with Gasteiger partial charge in [0.1, 0.15) is 0 Å². The second-order valence-electron chi connectivity index (χ2n) is 5.58. The normalized spacial score (nSPS) is 12.2. The minimum absolute atomic E-state index is 0.340. The number of hydrogen-bond donors (Lipinski definition) is 1. The first-order chi connectivity index (χ1) is 10.2. The molecule has 0 spiro atoms. The third kappa shape index (κ3) is 3.85. The summed E-state index contributed by atoms with van der Waals surface area (Å²) in [6, 6.07) is 17.7. The van der Waals surface area contributed by atoms with E-state index in [9.17, 15) is 0 Å². The molecule has 0 bridgehead atoms. The van der Waals surface area contributed by atoms with Gasteiger partial charge in [0, 0.05) is 24.8 Å². The van der Waals surface area contributed by atoms with Crippen LogP contribution in [-0.2, 0) is 0 Å². The van der Waals surface area contributed by atoms with E-state index in [2.05, 4.69) is 79.5 Å². The van der Waals surface area contributed by atoms with Gasteiger partial charge in [0.15, 0.2) is 0 Å². The van der Waals surface area contributed by atoms with Crippen LogP contribution < -0.4 is 10.2 Å². The first kappa shape index (κ1) is 15.6. The van der Waals surface area contributed by atoms with Crippen molar-refractivity contribution in [1.82, 2.24) is 5.32 Å². The van der Waals surface area contributed by atoms with Crippen molar-refractivity contribution in [2.75, 3.05) is 25.0 Å². The summed E-state index contributed by atoms with van der Waals surface area (Å²) in [7, 11) is 2.04. The van der Waals surface area contributed by atoms with Gasteiger partial charge in [0.25, 0.3) is 0 Å². The SMILES string of the molecule is CCN(CC(NC)c1ccccc1C)c1cccc(C)c1. The third-order valence-corrected chi connectivity index (χ3v) is 4.06. The lowest BCUT2D eigenvalue weighted by molar-refractivity contribution is 0.574. The molecule has 0 aromatic heterocycles. The first-order valence-electron chi connectivity index (χ1n) is 7.70. The Morgan fingerprint density at radius 3 is 2.43 bits per heavy atom. The van der Waals surface area contributed by atoms with Crippen LogP contribution in [0.25, 0.3) is 0 Å². The number of benzene rings is 2. The third-order valence-electron chi connectivity index (χ3n) is 4.06. The molecule has 112 valence electrons. The van der Waals surface area contributed by atoms with Crippen LogP contribution in [0, 0.1) is 13.8 Å². The zero-order valence-corrected chi connectivity index (χ0v) is 13.6. The van der Waals surface area contributed by atoms with E-state index >= 15 is 0 Å². The molecule has 0 radical (unpaired) electrons. The summed E-state index contributed by atoms with van der Waals surface area (Å²) in [5, 5.41) is 3.47. The topological polar surface area (TPSA) is 15.3 Å². The lowest BCUT2D eigenvalue weighted by atomic mass is 10.0. The summed E-state index contributed by atoms with van der Waals surface area (Å²) in [6.45, 7) is 8.53. The van der Waals surface area contributed by atoms with E-state index in [1.54, 1.807) is 0 Å². The lowest BCUT2D eigenvalue weighted by Crippen LogP contribution is -2.34. The second kappa shape index (κ2) is 7.28. The molecule has 0 saturated heterocycles. The molecule has 0 fully saturated rings.